The number of benzene rings is 1. The minimum Gasteiger partial charge on any atom is -0.460 e. The Bertz CT molecular complexity index is 333. The van der Waals surface area contributed by atoms with Gasteiger partial charge in [-0.3, -0.25) is 4.79 Å². The Morgan fingerprint density at radius 1 is 1.31 bits per heavy atom. The summed E-state index contributed by atoms with van der Waals surface area (Å²) in [6, 6.07) is 9.72. The number of carbonyl (C=O) groups is 1. The van der Waals surface area contributed by atoms with Crippen LogP contribution in [0.5, 0.6) is 0 Å². The first-order chi connectivity index (χ1) is 7.56. The lowest BCUT2D eigenvalue weighted by atomic mass is 9.91. The fourth-order valence-electron chi connectivity index (χ4n) is 1.26. The predicted octanol–water partition coefficient (Wildman–Crippen LogP) is 3.54. The number of ether oxygens (including phenoxy) is 1. The molecule has 0 aliphatic carbocycles. The van der Waals surface area contributed by atoms with Crippen LogP contribution < -0.4 is 0 Å². The normalized spacial score (nSPS) is 11.2. The van der Waals surface area contributed by atoms with Crippen LogP contribution in [0, 0.1) is 5.41 Å². The predicted molar refractivity (Wildman–Crippen MR) is 68.4 cm³/mol. The molecule has 0 amide bonds. The number of hydrogen-bond acceptors (Lipinski definition) is 2. The summed E-state index contributed by atoms with van der Waals surface area (Å²) < 4.78 is 5.29. The van der Waals surface area contributed by atoms with E-state index in [1.165, 1.54) is 0 Å². The van der Waals surface area contributed by atoms with E-state index in [2.05, 4.69) is 15.9 Å². The Morgan fingerprint density at radius 2 is 1.94 bits per heavy atom. The highest BCUT2D eigenvalue weighted by atomic mass is 79.9. The van der Waals surface area contributed by atoms with E-state index < -0.39 is 5.41 Å². The van der Waals surface area contributed by atoms with Crippen molar-refractivity contribution in [2.24, 2.45) is 5.41 Å². The summed E-state index contributed by atoms with van der Waals surface area (Å²) in [5, 5.41) is 0.806. The molecule has 0 aromatic heterocycles. The molecule has 88 valence electrons. The zero-order chi connectivity index (χ0) is 12.0. The maximum atomic E-state index is 11.8. The van der Waals surface area contributed by atoms with E-state index in [-0.39, 0.29) is 5.97 Å². The highest BCUT2D eigenvalue weighted by molar-refractivity contribution is 9.09. The van der Waals surface area contributed by atoms with Crippen molar-refractivity contribution in [3.8, 4) is 0 Å². The molecule has 0 aliphatic heterocycles. The molecule has 3 heteroatoms. The number of hydrogen-bond donors (Lipinski definition) is 0. The lowest BCUT2D eigenvalue weighted by Crippen LogP contribution is -2.26. The first-order valence-electron chi connectivity index (χ1n) is 5.33. The summed E-state index contributed by atoms with van der Waals surface area (Å²) in [5.74, 6) is -0.143. The number of carbonyl (C=O) groups excluding carboxylic acids is 1. The maximum absolute atomic E-state index is 11.8. The van der Waals surface area contributed by atoms with Crippen LogP contribution in [0.2, 0.25) is 0 Å². The van der Waals surface area contributed by atoms with Crippen molar-refractivity contribution in [2.45, 2.75) is 26.9 Å². The zero-order valence-corrected chi connectivity index (χ0v) is 11.3. The van der Waals surface area contributed by atoms with Crippen molar-refractivity contribution in [3.63, 3.8) is 0 Å². The van der Waals surface area contributed by atoms with Gasteiger partial charge in [-0.1, -0.05) is 46.3 Å². The number of esters is 1. The molecule has 2 nitrogen and oxygen atoms in total. The van der Waals surface area contributed by atoms with Gasteiger partial charge < -0.3 is 4.74 Å². The highest BCUT2D eigenvalue weighted by Crippen LogP contribution is 2.23. The van der Waals surface area contributed by atoms with Gasteiger partial charge in [0.15, 0.2) is 0 Å². The van der Waals surface area contributed by atoms with E-state index in [1.54, 1.807) is 0 Å². The minimum absolute atomic E-state index is 0.143. The molecule has 1 aromatic carbocycles. The van der Waals surface area contributed by atoms with E-state index in [4.69, 9.17) is 4.74 Å². The number of alkyl halides is 1. The summed E-state index contributed by atoms with van der Waals surface area (Å²) in [4.78, 5) is 11.8. The molecule has 0 spiro atoms. The van der Waals surface area contributed by atoms with Crippen molar-refractivity contribution in [1.82, 2.24) is 0 Å². The summed E-state index contributed by atoms with van der Waals surface area (Å²) in [7, 11) is 0. The van der Waals surface area contributed by atoms with Crippen LogP contribution in [0.1, 0.15) is 25.8 Å². The minimum atomic E-state index is -0.418. The topological polar surface area (TPSA) is 26.3 Å². The Kier molecular flexibility index (Phi) is 5.00. The van der Waals surface area contributed by atoms with E-state index in [0.29, 0.717) is 6.61 Å². The van der Waals surface area contributed by atoms with Gasteiger partial charge in [0.2, 0.25) is 0 Å². The monoisotopic (exact) mass is 284 g/mol. The quantitative estimate of drug-likeness (QED) is 0.611. The van der Waals surface area contributed by atoms with E-state index in [1.807, 2.05) is 44.2 Å². The van der Waals surface area contributed by atoms with Crippen molar-refractivity contribution in [1.29, 1.82) is 0 Å². The zero-order valence-electron chi connectivity index (χ0n) is 9.70. The van der Waals surface area contributed by atoms with E-state index >= 15 is 0 Å². The second-order valence-corrected chi connectivity index (χ2v) is 5.18. The fraction of sp³-hybridized carbons (Fsp3) is 0.462. The molecule has 0 radical (unpaired) electrons. The Morgan fingerprint density at radius 3 is 2.50 bits per heavy atom. The van der Waals surface area contributed by atoms with Gasteiger partial charge in [0, 0.05) is 5.33 Å². The highest BCUT2D eigenvalue weighted by Gasteiger charge is 2.28. The van der Waals surface area contributed by atoms with Crippen LogP contribution in [-0.2, 0) is 16.1 Å². The molecule has 1 rings (SSSR count). The maximum Gasteiger partial charge on any atom is 0.311 e. The molecule has 0 saturated carbocycles. The average Bonchev–Trinajstić information content (AvgIpc) is 2.27. The molecule has 0 unspecified atom stereocenters. The van der Waals surface area contributed by atoms with Crippen molar-refractivity contribution < 1.29 is 9.53 Å². The second kappa shape index (κ2) is 6.04. The molecule has 0 atom stereocenters. The van der Waals surface area contributed by atoms with Crippen LogP contribution in [0.3, 0.4) is 0 Å². The summed E-state index contributed by atoms with van der Waals surface area (Å²) >= 11 is 3.34. The number of halogens is 1. The molecule has 0 aliphatic rings. The second-order valence-electron chi connectivity index (χ2n) is 4.38. The molecule has 0 heterocycles. The molecule has 0 N–H and O–H groups in total. The molecule has 16 heavy (non-hydrogen) atoms. The van der Waals surface area contributed by atoms with E-state index in [0.717, 1.165) is 17.3 Å². The fourth-order valence-corrected chi connectivity index (χ4v) is 2.25. The Balaban J connectivity index is 2.47. The van der Waals surface area contributed by atoms with Crippen molar-refractivity contribution in [3.05, 3.63) is 35.9 Å². The van der Waals surface area contributed by atoms with Crippen LogP contribution in [0.4, 0.5) is 0 Å². The van der Waals surface area contributed by atoms with Crippen molar-refractivity contribution in [2.75, 3.05) is 5.33 Å². The van der Waals surface area contributed by atoms with Crippen LogP contribution >= 0.6 is 15.9 Å². The molecular weight excluding hydrogens is 268 g/mol. The molecular formula is C13H17BrO2. The third-order valence-corrected chi connectivity index (χ3v) is 2.88. The Labute approximate surface area is 105 Å². The molecule has 0 bridgehead atoms. The van der Waals surface area contributed by atoms with Gasteiger partial charge in [-0.05, 0) is 25.8 Å². The number of rotatable bonds is 5. The molecule has 1 aromatic rings. The van der Waals surface area contributed by atoms with Gasteiger partial charge in [0.1, 0.15) is 6.61 Å². The van der Waals surface area contributed by atoms with Gasteiger partial charge >= 0.3 is 5.97 Å². The molecule has 0 fully saturated rings. The van der Waals surface area contributed by atoms with Crippen LogP contribution in [-0.4, -0.2) is 11.3 Å². The lowest BCUT2D eigenvalue weighted by molar-refractivity contribution is -0.155. The van der Waals surface area contributed by atoms with Gasteiger partial charge in [-0.2, -0.15) is 0 Å². The summed E-state index contributed by atoms with van der Waals surface area (Å²) in [6.07, 6.45) is 0.778. The van der Waals surface area contributed by atoms with Gasteiger partial charge in [0.25, 0.3) is 0 Å². The lowest BCUT2D eigenvalue weighted by Gasteiger charge is -2.21. The van der Waals surface area contributed by atoms with Crippen LogP contribution in [0.15, 0.2) is 30.3 Å². The van der Waals surface area contributed by atoms with Crippen LogP contribution in [0.25, 0.3) is 0 Å². The third-order valence-electron chi connectivity index (χ3n) is 2.48. The van der Waals surface area contributed by atoms with Crippen molar-refractivity contribution >= 4 is 21.9 Å². The standard InChI is InChI=1S/C13H17BrO2/c1-13(2,8-9-14)12(15)16-10-11-6-4-3-5-7-11/h3-7H,8-10H2,1-2H3. The third kappa shape index (κ3) is 3.97. The van der Waals surface area contributed by atoms with Gasteiger partial charge in [-0.25, -0.2) is 0 Å². The average molecular weight is 285 g/mol. The van der Waals surface area contributed by atoms with Gasteiger partial charge in [-0.15, -0.1) is 0 Å². The largest absolute Gasteiger partial charge is 0.460 e. The summed E-state index contributed by atoms with van der Waals surface area (Å²) in [5.41, 5.74) is 0.601. The SMILES string of the molecule is CC(C)(CCBr)C(=O)OCc1ccccc1. The Hall–Kier alpha value is -0.830. The smallest absolute Gasteiger partial charge is 0.311 e. The van der Waals surface area contributed by atoms with Gasteiger partial charge in [0.05, 0.1) is 5.41 Å². The first kappa shape index (κ1) is 13.2. The van der Waals surface area contributed by atoms with E-state index in [9.17, 15) is 4.79 Å². The molecule has 0 saturated heterocycles. The summed E-state index contributed by atoms with van der Waals surface area (Å²) in [6.45, 7) is 4.16. The first-order valence-corrected chi connectivity index (χ1v) is 6.45.